The Morgan fingerprint density at radius 2 is 2.00 bits per heavy atom. The number of carbonyl (C=O) groups excluding carboxylic acids is 1. The van der Waals surface area contributed by atoms with Crippen molar-refractivity contribution < 1.29 is 4.79 Å². The Morgan fingerprint density at radius 3 is 2.73 bits per heavy atom. The number of thiazole rings is 1. The molecule has 0 bridgehead atoms. The lowest BCUT2D eigenvalue weighted by molar-refractivity contribution is 0.102. The number of nitrogens with zero attached hydrogens (tertiary/aromatic N) is 2. The van der Waals surface area contributed by atoms with Crippen LogP contribution in [0.4, 0.5) is 5.13 Å². The summed E-state index contributed by atoms with van der Waals surface area (Å²) in [5.74, 6) is -0.324. The molecule has 7 heteroatoms. The molecule has 1 N–H and O–H groups in total. The van der Waals surface area contributed by atoms with Crippen LogP contribution in [0.2, 0.25) is 5.15 Å². The molecule has 0 radical (unpaired) electrons. The number of aromatic nitrogens is 2. The lowest BCUT2D eigenvalue weighted by Crippen LogP contribution is -2.12. The Hall–Kier alpha value is -1.76. The molecule has 0 atom stereocenters. The van der Waals surface area contributed by atoms with E-state index in [4.69, 9.17) is 11.6 Å². The van der Waals surface area contributed by atoms with Crippen LogP contribution in [0, 0.1) is 0 Å². The SMILES string of the molecule is O=C(Nc1nc(-c2ccc(Br)cc2)cs1)c1cccnc1Cl. The zero-order valence-electron chi connectivity index (χ0n) is 11.1. The van der Waals surface area contributed by atoms with Gasteiger partial charge in [-0.2, -0.15) is 0 Å². The molecule has 0 fully saturated rings. The Bertz CT molecular complexity index is 820. The predicted molar refractivity (Wildman–Crippen MR) is 92.5 cm³/mol. The predicted octanol–water partition coefficient (Wildman–Crippen LogP) is 4.87. The largest absolute Gasteiger partial charge is 0.298 e. The van der Waals surface area contributed by atoms with Gasteiger partial charge in [0.2, 0.25) is 0 Å². The van der Waals surface area contributed by atoms with Crippen molar-refractivity contribution in [2.24, 2.45) is 0 Å². The van der Waals surface area contributed by atoms with Gasteiger partial charge in [-0.3, -0.25) is 10.1 Å². The van der Waals surface area contributed by atoms with Crippen molar-refractivity contribution in [1.82, 2.24) is 9.97 Å². The molecule has 0 unspecified atom stereocenters. The second-order valence-electron chi connectivity index (χ2n) is 4.34. The fourth-order valence-corrected chi connectivity index (χ4v) is 2.99. The molecule has 0 aliphatic carbocycles. The standard InChI is InChI=1S/C15H9BrClN3OS/c16-10-5-3-9(4-6-10)12-8-22-15(19-12)20-14(21)11-2-1-7-18-13(11)17/h1-8H,(H,19,20,21). The Balaban J connectivity index is 1.78. The van der Waals surface area contributed by atoms with E-state index in [1.165, 1.54) is 17.5 Å². The van der Waals surface area contributed by atoms with E-state index in [2.05, 4.69) is 31.2 Å². The van der Waals surface area contributed by atoms with E-state index in [0.717, 1.165) is 15.7 Å². The van der Waals surface area contributed by atoms with Crippen molar-refractivity contribution >= 4 is 49.9 Å². The summed E-state index contributed by atoms with van der Waals surface area (Å²) in [6.07, 6.45) is 1.54. The van der Waals surface area contributed by atoms with Crippen LogP contribution in [0.3, 0.4) is 0 Å². The van der Waals surface area contributed by atoms with Gasteiger partial charge in [0, 0.05) is 21.6 Å². The van der Waals surface area contributed by atoms with Gasteiger partial charge >= 0.3 is 0 Å². The summed E-state index contributed by atoms with van der Waals surface area (Å²) in [6, 6.07) is 11.1. The van der Waals surface area contributed by atoms with Gasteiger partial charge in [0.15, 0.2) is 5.13 Å². The van der Waals surface area contributed by atoms with E-state index in [9.17, 15) is 4.79 Å². The van der Waals surface area contributed by atoms with Crippen LogP contribution in [0.25, 0.3) is 11.3 Å². The highest BCUT2D eigenvalue weighted by Gasteiger charge is 2.13. The van der Waals surface area contributed by atoms with Crippen molar-refractivity contribution in [3.63, 3.8) is 0 Å². The number of nitrogens with one attached hydrogen (secondary N) is 1. The summed E-state index contributed by atoms with van der Waals surface area (Å²) in [6.45, 7) is 0. The molecule has 22 heavy (non-hydrogen) atoms. The minimum absolute atomic E-state index is 0.171. The van der Waals surface area contributed by atoms with Crippen LogP contribution in [0.5, 0.6) is 0 Å². The van der Waals surface area contributed by atoms with Gasteiger partial charge in [0.05, 0.1) is 11.3 Å². The third kappa shape index (κ3) is 3.35. The number of carbonyl (C=O) groups is 1. The van der Waals surface area contributed by atoms with Gasteiger partial charge in [-0.25, -0.2) is 9.97 Å². The van der Waals surface area contributed by atoms with Gasteiger partial charge < -0.3 is 0 Å². The smallest absolute Gasteiger partial charge is 0.260 e. The highest BCUT2D eigenvalue weighted by Crippen LogP contribution is 2.26. The summed E-state index contributed by atoms with van der Waals surface area (Å²) >= 11 is 10.7. The lowest BCUT2D eigenvalue weighted by Gasteiger charge is -2.02. The molecular formula is C15H9BrClN3OS. The number of hydrogen-bond donors (Lipinski definition) is 1. The summed E-state index contributed by atoms with van der Waals surface area (Å²) in [4.78, 5) is 20.4. The number of hydrogen-bond acceptors (Lipinski definition) is 4. The summed E-state index contributed by atoms with van der Waals surface area (Å²) in [5.41, 5.74) is 2.12. The summed E-state index contributed by atoms with van der Waals surface area (Å²) < 4.78 is 1.01. The van der Waals surface area contributed by atoms with Gasteiger partial charge in [-0.05, 0) is 24.3 Å². The van der Waals surface area contributed by atoms with Crippen LogP contribution in [-0.2, 0) is 0 Å². The number of pyridine rings is 1. The maximum absolute atomic E-state index is 12.2. The first-order chi connectivity index (χ1) is 10.6. The maximum atomic E-state index is 12.2. The number of amides is 1. The van der Waals surface area contributed by atoms with Gasteiger partial charge in [0.25, 0.3) is 5.91 Å². The van der Waals surface area contributed by atoms with Crippen LogP contribution in [0.15, 0.2) is 52.4 Å². The van der Waals surface area contributed by atoms with Crippen molar-refractivity contribution in [3.8, 4) is 11.3 Å². The summed E-state index contributed by atoms with van der Waals surface area (Å²) in [5, 5.41) is 5.32. The first-order valence-corrected chi connectivity index (χ1v) is 8.32. The minimum Gasteiger partial charge on any atom is -0.298 e. The number of anilines is 1. The Labute approximate surface area is 144 Å². The molecule has 0 spiro atoms. The van der Waals surface area contributed by atoms with Crippen LogP contribution in [0.1, 0.15) is 10.4 Å². The van der Waals surface area contributed by atoms with Crippen molar-refractivity contribution in [1.29, 1.82) is 0 Å². The molecule has 3 rings (SSSR count). The molecule has 3 aromatic rings. The quantitative estimate of drug-likeness (QED) is 0.645. The minimum atomic E-state index is -0.324. The average Bonchev–Trinajstić information content (AvgIpc) is 2.97. The monoisotopic (exact) mass is 393 g/mol. The van der Waals surface area contributed by atoms with E-state index >= 15 is 0 Å². The Morgan fingerprint density at radius 1 is 1.23 bits per heavy atom. The van der Waals surface area contributed by atoms with Crippen molar-refractivity contribution in [3.05, 3.63) is 63.2 Å². The third-order valence-electron chi connectivity index (χ3n) is 2.87. The van der Waals surface area contributed by atoms with E-state index < -0.39 is 0 Å². The van der Waals surface area contributed by atoms with Gasteiger partial charge in [-0.1, -0.05) is 39.7 Å². The highest BCUT2D eigenvalue weighted by molar-refractivity contribution is 9.10. The van der Waals surface area contributed by atoms with E-state index in [-0.39, 0.29) is 11.1 Å². The van der Waals surface area contributed by atoms with Crippen molar-refractivity contribution in [2.45, 2.75) is 0 Å². The number of benzene rings is 1. The third-order valence-corrected chi connectivity index (χ3v) is 4.46. The molecule has 1 amide bonds. The van der Waals surface area contributed by atoms with Crippen LogP contribution >= 0.6 is 38.9 Å². The van der Waals surface area contributed by atoms with E-state index in [0.29, 0.717) is 10.7 Å². The molecule has 1 aromatic carbocycles. The average molecular weight is 395 g/mol. The van der Waals surface area contributed by atoms with Gasteiger partial charge in [-0.15, -0.1) is 11.3 Å². The topological polar surface area (TPSA) is 54.9 Å². The zero-order valence-corrected chi connectivity index (χ0v) is 14.2. The highest BCUT2D eigenvalue weighted by atomic mass is 79.9. The summed E-state index contributed by atoms with van der Waals surface area (Å²) in [7, 11) is 0. The van der Waals surface area contributed by atoms with E-state index in [1.54, 1.807) is 12.1 Å². The fraction of sp³-hybridized carbons (Fsp3) is 0. The molecule has 0 aliphatic heterocycles. The first kappa shape index (κ1) is 15.1. The molecule has 0 saturated heterocycles. The Kier molecular flexibility index (Phi) is 4.52. The number of halogens is 2. The lowest BCUT2D eigenvalue weighted by atomic mass is 10.2. The maximum Gasteiger partial charge on any atom is 0.260 e. The van der Waals surface area contributed by atoms with Crippen LogP contribution in [-0.4, -0.2) is 15.9 Å². The molecule has 4 nitrogen and oxygen atoms in total. The molecule has 2 aromatic heterocycles. The molecule has 110 valence electrons. The molecule has 2 heterocycles. The molecular weight excluding hydrogens is 386 g/mol. The molecule has 0 saturated carbocycles. The first-order valence-electron chi connectivity index (χ1n) is 6.27. The normalized spacial score (nSPS) is 10.5. The van der Waals surface area contributed by atoms with Crippen molar-refractivity contribution in [2.75, 3.05) is 5.32 Å². The number of rotatable bonds is 3. The zero-order chi connectivity index (χ0) is 15.5. The van der Waals surface area contributed by atoms with Gasteiger partial charge in [0.1, 0.15) is 5.15 Å². The van der Waals surface area contributed by atoms with Crippen LogP contribution < -0.4 is 5.32 Å². The van der Waals surface area contributed by atoms with E-state index in [1.807, 2.05) is 29.6 Å². The fourth-order valence-electron chi connectivity index (χ4n) is 1.80. The second-order valence-corrected chi connectivity index (χ2v) is 6.47. The molecule has 0 aliphatic rings. The second kappa shape index (κ2) is 6.56.